The Bertz CT molecular complexity index is 1140. The van der Waals surface area contributed by atoms with E-state index in [-0.39, 0.29) is 12.0 Å². The van der Waals surface area contributed by atoms with Crippen molar-refractivity contribution in [1.29, 1.82) is 0 Å². The SMILES string of the molecule is Cc1cc(Nc2ncc3cc(C)c(C4CCN(C5COC[C@H]5O)C[C@@H]4F)cc3n2)n(C)n1. The number of alkyl halides is 1. The van der Waals surface area contributed by atoms with Gasteiger partial charge < -0.3 is 15.2 Å². The minimum atomic E-state index is -1.01. The van der Waals surface area contributed by atoms with Gasteiger partial charge in [0.2, 0.25) is 5.95 Å². The summed E-state index contributed by atoms with van der Waals surface area (Å²) in [5.74, 6) is 1.10. The molecular formula is C23H29FN6O2. The van der Waals surface area contributed by atoms with E-state index in [1.54, 1.807) is 10.9 Å². The maximum Gasteiger partial charge on any atom is 0.228 e. The quantitative estimate of drug-likeness (QED) is 0.645. The van der Waals surface area contributed by atoms with Crippen LogP contribution in [0.25, 0.3) is 10.9 Å². The Labute approximate surface area is 186 Å². The number of benzene rings is 1. The summed E-state index contributed by atoms with van der Waals surface area (Å²) in [5, 5.41) is 18.6. The highest BCUT2D eigenvalue weighted by Gasteiger charge is 2.38. The Morgan fingerprint density at radius 1 is 1.22 bits per heavy atom. The molecule has 0 aliphatic carbocycles. The number of rotatable bonds is 4. The number of anilines is 2. The van der Waals surface area contributed by atoms with Gasteiger partial charge in [0.05, 0.1) is 36.6 Å². The summed E-state index contributed by atoms with van der Waals surface area (Å²) in [6.45, 7) is 5.80. The minimum Gasteiger partial charge on any atom is -0.389 e. The van der Waals surface area contributed by atoms with Gasteiger partial charge in [-0.15, -0.1) is 0 Å². The van der Waals surface area contributed by atoms with E-state index in [9.17, 15) is 5.11 Å². The molecule has 0 amide bonds. The Kier molecular flexibility index (Phi) is 5.56. The number of hydrogen-bond acceptors (Lipinski definition) is 7. The molecule has 2 aromatic heterocycles. The molecule has 2 saturated heterocycles. The van der Waals surface area contributed by atoms with Crippen LogP contribution in [0.15, 0.2) is 24.4 Å². The van der Waals surface area contributed by atoms with Gasteiger partial charge in [-0.1, -0.05) is 0 Å². The minimum absolute atomic E-state index is 0.107. The number of likely N-dealkylation sites (tertiary alicyclic amines) is 1. The molecular weight excluding hydrogens is 411 g/mol. The number of ether oxygens (including phenoxy) is 1. The van der Waals surface area contributed by atoms with E-state index < -0.39 is 12.3 Å². The van der Waals surface area contributed by atoms with Crippen LogP contribution in [0.2, 0.25) is 0 Å². The van der Waals surface area contributed by atoms with Gasteiger partial charge in [-0.3, -0.25) is 9.58 Å². The van der Waals surface area contributed by atoms with Crippen molar-refractivity contribution in [3.05, 3.63) is 41.2 Å². The summed E-state index contributed by atoms with van der Waals surface area (Å²) in [6, 6.07) is 5.87. The maximum absolute atomic E-state index is 15.3. The Morgan fingerprint density at radius 2 is 2.06 bits per heavy atom. The molecule has 5 rings (SSSR count). The first kappa shape index (κ1) is 21.2. The predicted octanol–water partition coefficient (Wildman–Crippen LogP) is 2.61. The van der Waals surface area contributed by atoms with E-state index in [1.807, 2.05) is 44.0 Å². The van der Waals surface area contributed by atoms with Crippen LogP contribution in [0.5, 0.6) is 0 Å². The van der Waals surface area contributed by atoms with Crippen molar-refractivity contribution in [2.24, 2.45) is 7.05 Å². The van der Waals surface area contributed by atoms with Gasteiger partial charge in [0.15, 0.2) is 0 Å². The molecule has 170 valence electrons. The maximum atomic E-state index is 15.3. The van der Waals surface area contributed by atoms with Crippen molar-refractivity contribution in [2.45, 2.75) is 44.5 Å². The average Bonchev–Trinajstić information content (AvgIpc) is 3.32. The van der Waals surface area contributed by atoms with Crippen LogP contribution in [0, 0.1) is 13.8 Å². The molecule has 3 aromatic rings. The lowest BCUT2D eigenvalue weighted by atomic mass is 9.84. The molecule has 1 aromatic carbocycles. The van der Waals surface area contributed by atoms with Crippen LogP contribution in [-0.2, 0) is 11.8 Å². The summed E-state index contributed by atoms with van der Waals surface area (Å²) < 4.78 is 22.4. The fourth-order valence-corrected chi connectivity index (χ4v) is 4.97. The van der Waals surface area contributed by atoms with Crippen LogP contribution in [-0.4, -0.2) is 74.4 Å². The number of aromatic nitrogens is 4. The van der Waals surface area contributed by atoms with Gasteiger partial charge >= 0.3 is 0 Å². The molecule has 32 heavy (non-hydrogen) atoms. The summed E-state index contributed by atoms with van der Waals surface area (Å²) in [4.78, 5) is 11.2. The zero-order chi connectivity index (χ0) is 22.4. The van der Waals surface area contributed by atoms with E-state index >= 15 is 4.39 Å². The summed E-state index contributed by atoms with van der Waals surface area (Å²) in [7, 11) is 1.86. The number of aliphatic hydroxyl groups excluding tert-OH is 1. The Balaban J connectivity index is 1.39. The van der Waals surface area contributed by atoms with Gasteiger partial charge in [0.25, 0.3) is 0 Å². The molecule has 2 aliphatic heterocycles. The Hall–Kier alpha value is -2.62. The lowest BCUT2D eigenvalue weighted by molar-refractivity contribution is 0.0352. The first-order valence-electron chi connectivity index (χ1n) is 11.1. The lowest BCUT2D eigenvalue weighted by Crippen LogP contribution is -2.50. The molecule has 0 radical (unpaired) electrons. The van der Waals surface area contributed by atoms with Gasteiger partial charge in [-0.2, -0.15) is 5.10 Å². The summed E-state index contributed by atoms with van der Waals surface area (Å²) in [5.41, 5.74) is 3.74. The summed E-state index contributed by atoms with van der Waals surface area (Å²) >= 11 is 0. The Morgan fingerprint density at radius 3 is 2.75 bits per heavy atom. The molecule has 4 atom stereocenters. The van der Waals surface area contributed by atoms with Crippen LogP contribution >= 0.6 is 0 Å². The third-order valence-corrected chi connectivity index (χ3v) is 6.67. The van der Waals surface area contributed by atoms with Gasteiger partial charge in [0, 0.05) is 37.2 Å². The highest BCUT2D eigenvalue weighted by Crippen LogP contribution is 2.35. The second kappa shape index (κ2) is 8.38. The van der Waals surface area contributed by atoms with Gasteiger partial charge in [0.1, 0.15) is 12.0 Å². The second-order valence-corrected chi connectivity index (χ2v) is 8.96. The highest BCUT2D eigenvalue weighted by atomic mass is 19.1. The van der Waals surface area contributed by atoms with Gasteiger partial charge in [-0.05, 0) is 50.1 Å². The number of hydrogen-bond donors (Lipinski definition) is 2. The van der Waals surface area contributed by atoms with Gasteiger partial charge in [-0.25, -0.2) is 14.4 Å². The third kappa shape index (κ3) is 3.96. The molecule has 2 N–H and O–H groups in total. The smallest absolute Gasteiger partial charge is 0.228 e. The average molecular weight is 441 g/mol. The van der Waals surface area contributed by atoms with Crippen LogP contribution in [0.1, 0.15) is 29.2 Å². The van der Waals surface area contributed by atoms with E-state index in [4.69, 9.17) is 4.74 Å². The van der Waals surface area contributed by atoms with Crippen molar-refractivity contribution < 1.29 is 14.2 Å². The standard InChI is InChI=1S/C23H29FN6O2/c1-13-6-15-9-25-23(27-22-7-14(2)28-29(22)3)26-19(15)8-17(13)16-4-5-30(10-18(16)24)20-11-32-12-21(20)31/h6-9,16,18,20-21,31H,4-5,10-12H2,1-3H3,(H,25,26,27)/t16?,18-,20?,21+/m0/s1. The van der Waals surface area contributed by atoms with Crippen molar-refractivity contribution in [3.63, 3.8) is 0 Å². The normalized spacial score (nSPS) is 26.7. The van der Waals surface area contributed by atoms with Crippen LogP contribution in [0.3, 0.4) is 0 Å². The number of nitrogens with one attached hydrogen (secondary N) is 1. The monoisotopic (exact) mass is 440 g/mol. The fourth-order valence-electron chi connectivity index (χ4n) is 4.97. The lowest BCUT2D eigenvalue weighted by Gasteiger charge is -2.39. The second-order valence-electron chi connectivity index (χ2n) is 8.96. The first-order chi connectivity index (χ1) is 15.4. The number of piperidine rings is 1. The largest absolute Gasteiger partial charge is 0.389 e. The highest BCUT2D eigenvalue weighted by molar-refractivity contribution is 5.81. The van der Waals surface area contributed by atoms with Crippen LogP contribution in [0.4, 0.5) is 16.2 Å². The van der Waals surface area contributed by atoms with Crippen molar-refractivity contribution in [3.8, 4) is 0 Å². The molecule has 2 unspecified atom stereocenters. The predicted molar refractivity (Wildman–Crippen MR) is 120 cm³/mol. The number of aliphatic hydroxyl groups is 1. The summed E-state index contributed by atoms with van der Waals surface area (Å²) in [6.07, 6.45) is 0.944. The first-order valence-corrected chi connectivity index (χ1v) is 11.1. The molecule has 2 fully saturated rings. The molecule has 9 heteroatoms. The zero-order valence-electron chi connectivity index (χ0n) is 18.6. The number of halogens is 1. The molecule has 8 nitrogen and oxygen atoms in total. The number of nitrogens with zero attached hydrogens (tertiary/aromatic N) is 5. The fraction of sp³-hybridized carbons (Fsp3) is 0.522. The van der Waals surface area contributed by atoms with Crippen LogP contribution < -0.4 is 5.32 Å². The molecule has 4 heterocycles. The molecule has 0 bridgehead atoms. The molecule has 2 aliphatic rings. The number of fused-ring (bicyclic) bond motifs is 1. The van der Waals surface area contributed by atoms with Crippen molar-refractivity contribution in [1.82, 2.24) is 24.6 Å². The topological polar surface area (TPSA) is 88.3 Å². The molecule has 0 saturated carbocycles. The third-order valence-electron chi connectivity index (χ3n) is 6.67. The van der Waals surface area contributed by atoms with Crippen molar-refractivity contribution in [2.75, 3.05) is 31.6 Å². The van der Waals surface area contributed by atoms with E-state index in [2.05, 4.69) is 20.4 Å². The van der Waals surface area contributed by atoms with E-state index in [0.29, 0.717) is 32.1 Å². The zero-order valence-corrected chi connectivity index (χ0v) is 18.6. The number of aryl methyl sites for hydroxylation is 3. The van der Waals surface area contributed by atoms with Crippen molar-refractivity contribution >= 4 is 22.7 Å². The van der Waals surface area contributed by atoms with E-state index in [0.717, 1.165) is 40.1 Å². The molecule has 0 spiro atoms. The van der Waals surface area contributed by atoms with E-state index in [1.165, 1.54) is 0 Å².